The Morgan fingerprint density at radius 3 is 2.61 bits per heavy atom. The van der Waals surface area contributed by atoms with E-state index >= 15 is 0 Å². The summed E-state index contributed by atoms with van der Waals surface area (Å²) >= 11 is 0. The Morgan fingerprint density at radius 1 is 1.28 bits per heavy atom. The second-order valence-electron chi connectivity index (χ2n) is 2.75. The predicted octanol–water partition coefficient (Wildman–Crippen LogP) is -1.40. The summed E-state index contributed by atoms with van der Waals surface area (Å²) in [5.41, 5.74) is 5.18. The summed E-state index contributed by atoms with van der Waals surface area (Å²) in [4.78, 5) is 38.9. The lowest BCUT2D eigenvalue weighted by atomic mass is 10.5. The van der Waals surface area contributed by atoms with E-state index in [4.69, 9.17) is 5.73 Å². The molecule has 0 aliphatic rings. The minimum Gasteiger partial charge on any atom is -0.380 e. The van der Waals surface area contributed by atoms with E-state index in [1.807, 2.05) is 0 Å². The second-order valence-corrected chi connectivity index (χ2v) is 2.75. The summed E-state index contributed by atoms with van der Waals surface area (Å²) in [6, 6.07) is -0.642. The highest BCUT2D eigenvalue weighted by Gasteiger charge is 2.18. The van der Waals surface area contributed by atoms with Gasteiger partial charge in [0.1, 0.15) is 0 Å². The van der Waals surface area contributed by atoms with E-state index in [1.165, 1.54) is 0 Å². The van der Waals surface area contributed by atoms with Crippen molar-refractivity contribution in [2.24, 2.45) is 0 Å². The zero-order valence-electron chi connectivity index (χ0n) is 8.29. The number of hydrogen-bond donors (Lipinski definition) is 1. The SMILES string of the molecule is Nc1nc(O[N+](=O)[O-])nc2ncn(O[N+](=O)[O-])c12. The van der Waals surface area contributed by atoms with E-state index in [2.05, 4.69) is 24.7 Å². The first-order valence-electron chi connectivity index (χ1n) is 4.13. The van der Waals surface area contributed by atoms with Gasteiger partial charge in [-0.3, -0.25) is 0 Å². The van der Waals surface area contributed by atoms with E-state index in [1.54, 1.807) is 0 Å². The minimum atomic E-state index is -1.13. The highest BCUT2D eigenvalue weighted by Crippen LogP contribution is 2.18. The van der Waals surface area contributed by atoms with Crippen molar-refractivity contribution in [2.45, 2.75) is 0 Å². The molecule has 0 atom stereocenters. The molecule has 0 aliphatic heterocycles. The van der Waals surface area contributed by atoms with Crippen LogP contribution >= 0.6 is 0 Å². The van der Waals surface area contributed by atoms with Crippen molar-refractivity contribution in [1.82, 2.24) is 19.7 Å². The largest absolute Gasteiger partial charge is 0.380 e. The summed E-state index contributed by atoms with van der Waals surface area (Å²) < 4.78 is 0.612. The quantitative estimate of drug-likeness (QED) is 0.506. The molecule has 0 amide bonds. The van der Waals surface area contributed by atoms with Gasteiger partial charge in [0.05, 0.1) is 0 Å². The van der Waals surface area contributed by atoms with Crippen molar-refractivity contribution < 1.29 is 19.9 Å². The Labute approximate surface area is 95.9 Å². The summed E-state index contributed by atoms with van der Waals surface area (Å²) in [6.07, 6.45) is 0.911. The molecule has 0 saturated heterocycles. The summed E-state index contributed by atoms with van der Waals surface area (Å²) in [5.74, 6) is -0.323. The first-order valence-corrected chi connectivity index (χ1v) is 4.13. The fraction of sp³-hybridized carbons (Fsp3) is 0. The fourth-order valence-corrected chi connectivity index (χ4v) is 1.15. The van der Waals surface area contributed by atoms with Gasteiger partial charge >= 0.3 is 11.1 Å². The molecule has 2 aromatic rings. The average Bonchev–Trinajstić information content (AvgIpc) is 2.59. The molecule has 0 bridgehead atoms. The van der Waals surface area contributed by atoms with Crippen LogP contribution in [0.25, 0.3) is 11.2 Å². The lowest BCUT2D eigenvalue weighted by Gasteiger charge is -2.00. The molecular weight excluding hydrogens is 254 g/mol. The maximum absolute atomic E-state index is 10.2. The highest BCUT2D eigenvalue weighted by atomic mass is 17.0. The molecule has 0 aliphatic carbocycles. The third kappa shape index (κ3) is 1.99. The molecule has 0 aromatic carbocycles. The Morgan fingerprint density at radius 2 is 2.00 bits per heavy atom. The van der Waals surface area contributed by atoms with Crippen molar-refractivity contribution in [3.63, 3.8) is 0 Å². The van der Waals surface area contributed by atoms with Crippen molar-refractivity contribution in [3.8, 4) is 6.01 Å². The van der Waals surface area contributed by atoms with Crippen LogP contribution in [0.4, 0.5) is 5.82 Å². The van der Waals surface area contributed by atoms with Gasteiger partial charge in [0.2, 0.25) is 17.5 Å². The fourth-order valence-electron chi connectivity index (χ4n) is 1.15. The third-order valence-electron chi connectivity index (χ3n) is 1.69. The zero-order chi connectivity index (χ0) is 13.3. The van der Waals surface area contributed by atoms with Gasteiger partial charge in [-0.2, -0.15) is 19.9 Å². The van der Waals surface area contributed by atoms with Gasteiger partial charge in [-0.25, -0.2) is 15.0 Å². The van der Waals surface area contributed by atoms with E-state index in [9.17, 15) is 20.2 Å². The number of rotatable bonds is 4. The molecule has 94 valence electrons. The third-order valence-corrected chi connectivity index (χ3v) is 1.69. The van der Waals surface area contributed by atoms with Crippen LogP contribution in [0, 0.1) is 20.2 Å². The van der Waals surface area contributed by atoms with Gasteiger partial charge in [-0.15, -0.1) is 10.1 Å². The van der Waals surface area contributed by atoms with Gasteiger partial charge in [0.25, 0.3) is 0 Å². The summed E-state index contributed by atoms with van der Waals surface area (Å²) in [5, 5.41) is 18.0. The molecule has 0 saturated carbocycles. The van der Waals surface area contributed by atoms with Crippen LogP contribution in [-0.2, 0) is 0 Å². The van der Waals surface area contributed by atoms with Gasteiger partial charge in [0.15, 0.2) is 10.9 Å². The standard InChI is InChI=1S/C5H3N7O6/c6-3-2-4(7-1-10(2)18-12(15)16)9-5(8-3)17-11(13)14/h1H,(H2,6,8,9). The van der Waals surface area contributed by atoms with Crippen LogP contribution in [-0.4, -0.2) is 29.9 Å². The molecule has 0 unspecified atom stereocenters. The predicted molar refractivity (Wildman–Crippen MR) is 50.9 cm³/mol. The molecule has 2 heterocycles. The average molecular weight is 257 g/mol. The number of nitrogens with zero attached hydrogens (tertiary/aromatic N) is 6. The highest BCUT2D eigenvalue weighted by molar-refractivity contribution is 5.81. The van der Waals surface area contributed by atoms with Crippen LogP contribution in [0.5, 0.6) is 6.01 Å². The normalized spacial score (nSPS) is 10.2. The molecule has 13 nitrogen and oxygen atoms in total. The second kappa shape index (κ2) is 3.96. The van der Waals surface area contributed by atoms with Gasteiger partial charge < -0.3 is 5.73 Å². The van der Waals surface area contributed by atoms with Gasteiger partial charge in [0, 0.05) is 0 Å². The monoisotopic (exact) mass is 257 g/mol. The molecule has 13 heteroatoms. The van der Waals surface area contributed by atoms with Crippen LogP contribution < -0.4 is 15.5 Å². The van der Waals surface area contributed by atoms with E-state index in [-0.39, 0.29) is 17.0 Å². The van der Waals surface area contributed by atoms with E-state index in [0.29, 0.717) is 4.73 Å². The molecule has 2 rings (SSSR count). The summed E-state index contributed by atoms with van der Waals surface area (Å²) in [7, 11) is 0. The molecular formula is C5H3N7O6. The minimum absolute atomic E-state index is 0.109. The van der Waals surface area contributed by atoms with E-state index in [0.717, 1.165) is 6.33 Å². The molecule has 0 spiro atoms. The lowest BCUT2D eigenvalue weighted by Crippen LogP contribution is -2.17. The molecule has 18 heavy (non-hydrogen) atoms. The number of nitrogens with two attached hydrogens (primary N) is 1. The smallest absolute Gasteiger partial charge is 0.313 e. The molecule has 0 radical (unpaired) electrons. The topological polar surface area (TPSA) is 174 Å². The number of imidazole rings is 1. The van der Waals surface area contributed by atoms with E-state index < -0.39 is 16.2 Å². The Kier molecular flexibility index (Phi) is 2.47. The first kappa shape index (κ1) is 11.2. The van der Waals surface area contributed by atoms with Crippen LogP contribution in [0.1, 0.15) is 0 Å². The number of anilines is 1. The Balaban J connectivity index is 2.49. The number of hydrogen-bond acceptors (Lipinski definition) is 10. The lowest BCUT2D eigenvalue weighted by molar-refractivity contribution is -0.748. The maximum Gasteiger partial charge on any atom is 0.313 e. The Hall–Kier alpha value is -3.25. The molecule has 2 aromatic heterocycles. The number of nitrogen functional groups attached to an aromatic ring is 1. The van der Waals surface area contributed by atoms with Crippen LogP contribution in [0.3, 0.4) is 0 Å². The van der Waals surface area contributed by atoms with Crippen molar-refractivity contribution in [3.05, 3.63) is 26.6 Å². The van der Waals surface area contributed by atoms with Crippen LogP contribution in [0.2, 0.25) is 0 Å². The molecule has 0 fully saturated rings. The first-order chi connectivity index (χ1) is 8.47. The van der Waals surface area contributed by atoms with Gasteiger partial charge in [-0.05, 0) is 0 Å². The number of fused-ring (bicyclic) bond motifs is 1. The van der Waals surface area contributed by atoms with Crippen LogP contribution in [0.15, 0.2) is 6.33 Å². The maximum atomic E-state index is 10.2. The van der Waals surface area contributed by atoms with Crippen molar-refractivity contribution in [1.29, 1.82) is 0 Å². The molecule has 2 N–H and O–H groups in total. The zero-order valence-corrected chi connectivity index (χ0v) is 8.29. The Bertz CT molecular complexity index is 637. The van der Waals surface area contributed by atoms with Gasteiger partial charge in [-0.1, -0.05) is 4.73 Å². The van der Waals surface area contributed by atoms with Crippen molar-refractivity contribution in [2.75, 3.05) is 5.73 Å². The number of aromatic nitrogens is 4. The summed E-state index contributed by atoms with van der Waals surface area (Å²) in [6.45, 7) is 0. The van der Waals surface area contributed by atoms with Crippen molar-refractivity contribution >= 4 is 17.0 Å².